The fourth-order valence-corrected chi connectivity index (χ4v) is 3.82. The van der Waals surface area contributed by atoms with Gasteiger partial charge in [-0.2, -0.15) is 0 Å². The molecule has 1 rings (SSSR count). The maximum Gasteiger partial charge on any atom is 0.331 e. The average molecular weight is 587 g/mol. The molecule has 0 saturated carbocycles. The van der Waals surface area contributed by atoms with Crippen LogP contribution in [0.2, 0.25) is 0 Å². The Morgan fingerprint density at radius 1 is 0.975 bits per heavy atom. The molecule has 1 heterocycles. The van der Waals surface area contributed by atoms with Gasteiger partial charge in [-0.25, -0.2) is 9.59 Å². The van der Waals surface area contributed by atoms with E-state index in [2.05, 4.69) is 10.6 Å². The van der Waals surface area contributed by atoms with E-state index in [1.807, 2.05) is 21.1 Å². The van der Waals surface area contributed by atoms with E-state index in [0.717, 1.165) is 23.9 Å². The predicted molar refractivity (Wildman–Crippen MR) is 145 cm³/mol. The Balaban J connectivity index is 2.84. The van der Waals surface area contributed by atoms with Crippen LogP contribution in [0.15, 0.2) is 12.2 Å². The minimum atomic E-state index is -1.44. The van der Waals surface area contributed by atoms with Gasteiger partial charge in [-0.15, -0.1) is 0 Å². The predicted octanol–water partition coefficient (Wildman–Crippen LogP) is -0.0915. The molecule has 0 aromatic rings. The molecule has 0 bridgehead atoms. The number of Topliss-reactive ketones (excluding diaryl/α,β-unsaturated/α-hetero) is 1. The van der Waals surface area contributed by atoms with E-state index < -0.39 is 41.1 Å². The summed E-state index contributed by atoms with van der Waals surface area (Å²) in [7, 11) is 5.81. The maximum absolute atomic E-state index is 12.9. The van der Waals surface area contributed by atoms with Crippen molar-refractivity contribution in [3.8, 4) is 0 Å². The third kappa shape index (κ3) is 15.4. The second-order valence-electron chi connectivity index (χ2n) is 10.8. The Morgan fingerprint density at radius 2 is 1.62 bits per heavy atom. The normalized spacial score (nSPS) is 19.3. The number of likely N-dealkylation sites (N-methyl/N-ethyl adjacent to an activating group) is 1. The zero-order valence-corrected chi connectivity index (χ0v) is 24.6. The van der Waals surface area contributed by atoms with E-state index in [1.54, 1.807) is 0 Å². The highest BCUT2D eigenvalue weighted by atomic mass is 32.2. The molecule has 0 unspecified atom stereocenters. The number of nitrogens with one attached hydrogen (secondary N) is 2. The third-order valence-corrected chi connectivity index (χ3v) is 6.31. The van der Waals surface area contributed by atoms with Gasteiger partial charge in [0.2, 0.25) is 5.91 Å². The molecule has 0 aromatic heterocycles. The molecule has 1 saturated heterocycles. The van der Waals surface area contributed by atoms with Crippen LogP contribution in [0.25, 0.3) is 0 Å². The lowest BCUT2D eigenvalue weighted by Gasteiger charge is -2.32. The van der Waals surface area contributed by atoms with Gasteiger partial charge in [0.05, 0.1) is 34.0 Å². The number of carbonyl (C=O) groups is 7. The molecular formula is C26H40N3O10S+. The van der Waals surface area contributed by atoms with Crippen LogP contribution >= 0.6 is 11.8 Å². The van der Waals surface area contributed by atoms with Crippen molar-refractivity contribution in [2.24, 2.45) is 5.41 Å². The highest BCUT2D eigenvalue weighted by Crippen LogP contribution is 2.25. The van der Waals surface area contributed by atoms with Crippen molar-refractivity contribution in [1.29, 1.82) is 0 Å². The van der Waals surface area contributed by atoms with Gasteiger partial charge in [0, 0.05) is 49.3 Å². The zero-order valence-electron chi connectivity index (χ0n) is 23.7. The molecule has 40 heavy (non-hydrogen) atoms. The van der Waals surface area contributed by atoms with E-state index in [-0.39, 0.29) is 68.8 Å². The first-order valence-corrected chi connectivity index (χ1v) is 13.8. The summed E-state index contributed by atoms with van der Waals surface area (Å²) in [6, 6.07) is 0. The first-order chi connectivity index (χ1) is 18.6. The average Bonchev–Trinajstić information content (AvgIpc) is 2.84. The molecule has 14 heteroatoms. The van der Waals surface area contributed by atoms with Crippen LogP contribution in [-0.2, 0) is 47.8 Å². The number of amides is 2. The number of cyclic esters (lactones) is 1. The van der Waals surface area contributed by atoms with Crippen LogP contribution in [0.3, 0.4) is 0 Å². The summed E-state index contributed by atoms with van der Waals surface area (Å²) in [5, 5.41) is 4.77. The van der Waals surface area contributed by atoms with Crippen molar-refractivity contribution >= 4 is 52.4 Å². The van der Waals surface area contributed by atoms with Crippen molar-refractivity contribution in [3.63, 3.8) is 0 Å². The molecule has 224 valence electrons. The lowest BCUT2D eigenvalue weighted by Crippen LogP contribution is -2.49. The summed E-state index contributed by atoms with van der Waals surface area (Å²) in [6.45, 7) is 3.58. The van der Waals surface area contributed by atoms with Gasteiger partial charge >= 0.3 is 17.9 Å². The van der Waals surface area contributed by atoms with Crippen LogP contribution in [0.4, 0.5) is 0 Å². The van der Waals surface area contributed by atoms with Gasteiger partial charge in [-0.3, -0.25) is 24.0 Å². The molecule has 2 N–H and O–H groups in total. The number of hydrogen-bond acceptors (Lipinski definition) is 11. The zero-order chi connectivity index (χ0) is 30.3. The van der Waals surface area contributed by atoms with Crippen molar-refractivity contribution in [2.45, 2.75) is 45.6 Å². The lowest BCUT2D eigenvalue weighted by atomic mass is 9.86. The summed E-state index contributed by atoms with van der Waals surface area (Å²) in [4.78, 5) is 85.4. The minimum absolute atomic E-state index is 0.0575. The fraction of sp³-hybridized carbons (Fsp3) is 0.654. The van der Waals surface area contributed by atoms with E-state index in [1.165, 1.54) is 13.8 Å². The number of nitrogens with zero attached hydrogens (tertiary/aromatic N) is 1. The summed E-state index contributed by atoms with van der Waals surface area (Å²) < 4.78 is 16.2. The second-order valence-corrected chi connectivity index (χ2v) is 12.0. The van der Waals surface area contributed by atoms with E-state index in [9.17, 15) is 33.6 Å². The molecule has 1 atom stereocenters. The quantitative estimate of drug-likeness (QED) is 0.128. The van der Waals surface area contributed by atoms with Gasteiger partial charge in [0.15, 0.2) is 11.2 Å². The molecule has 2 amide bonds. The highest BCUT2D eigenvalue weighted by molar-refractivity contribution is 8.13. The highest BCUT2D eigenvalue weighted by Gasteiger charge is 2.40. The number of ether oxygens (including phenoxy) is 3. The standard InChI is InChI=1S/C26H39N3O10S/c1-26(2,17-38-21(33)9-8-20(32)37-14-13-29(3,4)5)24-25(36)28-11-10-19(31)27-12-15-40-23(35)16-18(30)6-7-22(34)39-24/h8-9,24H,6-7,10-17H2,1-5H3,(H-,27,28,31,36)/p+1/b9-8+/t24-/m0/s1. The van der Waals surface area contributed by atoms with Gasteiger partial charge in [-0.1, -0.05) is 25.6 Å². The topological polar surface area (TPSA) is 171 Å². The molecule has 1 aliphatic rings. The smallest absolute Gasteiger partial charge is 0.331 e. The van der Waals surface area contributed by atoms with Crippen molar-refractivity contribution in [2.75, 3.05) is 59.7 Å². The number of thioether (sulfide) groups is 1. The summed E-state index contributed by atoms with van der Waals surface area (Å²) >= 11 is 0.911. The summed E-state index contributed by atoms with van der Waals surface area (Å²) in [6.07, 6.45) is -0.651. The minimum Gasteiger partial charge on any atom is -0.462 e. The number of hydrogen-bond donors (Lipinski definition) is 2. The Morgan fingerprint density at radius 3 is 2.27 bits per heavy atom. The van der Waals surface area contributed by atoms with E-state index in [4.69, 9.17) is 14.2 Å². The number of ketones is 1. The van der Waals surface area contributed by atoms with Crippen molar-refractivity contribution in [3.05, 3.63) is 12.2 Å². The van der Waals surface area contributed by atoms with Gasteiger partial charge in [0.1, 0.15) is 25.5 Å². The molecular weight excluding hydrogens is 546 g/mol. The molecule has 0 spiro atoms. The van der Waals surface area contributed by atoms with Crippen LogP contribution in [-0.4, -0.2) is 111 Å². The fourth-order valence-electron chi connectivity index (χ4n) is 3.12. The van der Waals surface area contributed by atoms with Gasteiger partial charge < -0.3 is 29.3 Å². The Bertz CT molecular complexity index is 988. The molecule has 1 aliphatic heterocycles. The van der Waals surface area contributed by atoms with Crippen LogP contribution in [0.1, 0.15) is 39.5 Å². The van der Waals surface area contributed by atoms with E-state index >= 15 is 0 Å². The first-order valence-electron chi connectivity index (χ1n) is 12.8. The van der Waals surface area contributed by atoms with Crippen LogP contribution < -0.4 is 10.6 Å². The molecule has 0 aromatic carbocycles. The molecule has 13 nitrogen and oxygen atoms in total. The first kappa shape index (κ1) is 34.8. The van der Waals surface area contributed by atoms with Crippen molar-refractivity contribution < 1.29 is 52.3 Å². The maximum atomic E-state index is 12.9. The van der Waals surface area contributed by atoms with Gasteiger partial charge in [0.25, 0.3) is 5.91 Å². The number of carbonyl (C=O) groups excluding carboxylic acids is 7. The molecule has 1 fully saturated rings. The largest absolute Gasteiger partial charge is 0.462 e. The second kappa shape index (κ2) is 16.8. The number of quaternary nitrogens is 1. The summed E-state index contributed by atoms with van der Waals surface area (Å²) in [5.74, 6) is -3.71. The Kier molecular flexibility index (Phi) is 14.6. The monoisotopic (exact) mass is 586 g/mol. The Hall–Kier alpha value is -3.26. The summed E-state index contributed by atoms with van der Waals surface area (Å²) in [5.41, 5.74) is -1.24. The van der Waals surface area contributed by atoms with E-state index in [0.29, 0.717) is 11.0 Å². The third-order valence-electron chi connectivity index (χ3n) is 5.43. The van der Waals surface area contributed by atoms with Crippen molar-refractivity contribution in [1.82, 2.24) is 10.6 Å². The molecule has 0 radical (unpaired) electrons. The lowest BCUT2D eigenvalue weighted by molar-refractivity contribution is -0.870. The molecule has 0 aliphatic carbocycles. The van der Waals surface area contributed by atoms with Gasteiger partial charge in [-0.05, 0) is 0 Å². The number of esters is 3. The van der Waals surface area contributed by atoms with Crippen LogP contribution in [0, 0.1) is 5.41 Å². The number of rotatable bonds is 8. The Labute approximate surface area is 238 Å². The van der Waals surface area contributed by atoms with Crippen LogP contribution in [0.5, 0.6) is 0 Å². The SMILES string of the molecule is CC(C)(COC(=O)/C=C/C(=O)OCC[N+](C)(C)C)[C@H]1OC(=O)CCC(=O)CC(=O)SCCNC(=O)CCNC1=O.